The summed E-state index contributed by atoms with van der Waals surface area (Å²) in [6.07, 6.45) is 18.3. The van der Waals surface area contributed by atoms with Crippen LogP contribution in [0.5, 0.6) is 0 Å². The van der Waals surface area contributed by atoms with E-state index in [0.29, 0.717) is 0 Å². The maximum atomic E-state index is 3.46. The zero-order valence-electron chi connectivity index (χ0n) is 16.5. The van der Waals surface area contributed by atoms with E-state index in [4.69, 9.17) is 0 Å². The normalized spacial score (nSPS) is 11.3. The van der Waals surface area contributed by atoms with Crippen LogP contribution in [-0.2, 0) is 0 Å². The quantitative estimate of drug-likeness (QED) is 0.165. The van der Waals surface area contributed by atoms with E-state index in [-0.39, 0.29) is 0 Å². The van der Waals surface area contributed by atoms with E-state index in [1.165, 1.54) is 88.6 Å². The highest BCUT2D eigenvalue weighted by Crippen LogP contribution is 2.13. The van der Waals surface area contributed by atoms with Crippen molar-refractivity contribution in [2.24, 2.45) is 0 Å². The molecule has 0 fully saturated rings. The van der Waals surface area contributed by atoms with Gasteiger partial charge in [0.15, 0.2) is 0 Å². The lowest BCUT2D eigenvalue weighted by atomic mass is 10.0. The molecule has 0 saturated carbocycles. The van der Waals surface area contributed by atoms with Gasteiger partial charge in [0, 0.05) is 6.42 Å². The third-order valence-corrected chi connectivity index (χ3v) is 5.92. The summed E-state index contributed by atoms with van der Waals surface area (Å²) in [7, 11) is -1.13. The van der Waals surface area contributed by atoms with Crippen LogP contribution in [0.2, 0.25) is 19.6 Å². The van der Waals surface area contributed by atoms with Crippen molar-refractivity contribution in [3.05, 3.63) is 0 Å². The van der Waals surface area contributed by atoms with Crippen LogP contribution in [0.3, 0.4) is 0 Å². The average molecular weight is 355 g/mol. The second-order valence-corrected chi connectivity index (χ2v) is 13.9. The Morgan fingerprint density at radius 3 is 1.52 bits per heavy atom. The fraction of sp³-hybridized carbons (Fsp3) is 0.905. The van der Waals surface area contributed by atoms with Gasteiger partial charge >= 0.3 is 0 Å². The van der Waals surface area contributed by atoms with Crippen molar-refractivity contribution < 1.29 is 0 Å². The summed E-state index contributed by atoms with van der Waals surface area (Å²) in [6, 6.07) is 0. The average Bonchev–Trinajstić information content (AvgIpc) is 2.49. The predicted octanol–water partition coefficient (Wildman–Crippen LogP) is 7.69. The minimum Gasteiger partial charge on any atom is -0.162 e. The maximum Gasteiger partial charge on any atom is 0.129 e. The first kappa shape index (κ1) is 23.1. The summed E-state index contributed by atoms with van der Waals surface area (Å²) in [4.78, 5) is 0. The Labute approximate surface area is 153 Å². The zero-order chi connectivity index (χ0) is 17.2. The molecule has 0 aliphatic heterocycles. The predicted molar refractivity (Wildman–Crippen MR) is 114 cm³/mol. The molecule has 0 saturated heterocycles. The lowest BCUT2D eigenvalue weighted by molar-refractivity contribution is 0.546. The van der Waals surface area contributed by atoms with E-state index in [2.05, 4.69) is 49.8 Å². The number of unbranched alkanes of at least 4 members (excludes halogenated alkanes) is 12. The molecule has 0 unspecified atom stereocenters. The molecule has 0 radical (unpaired) electrons. The lowest BCUT2D eigenvalue weighted by Crippen LogP contribution is -2.16. The van der Waals surface area contributed by atoms with Gasteiger partial charge in [-0.05, 0) is 24.3 Å². The van der Waals surface area contributed by atoms with Crippen molar-refractivity contribution in [1.29, 1.82) is 0 Å². The Morgan fingerprint density at radius 1 is 0.652 bits per heavy atom. The molecule has 0 N–H and O–H groups in total. The molecule has 0 spiro atoms. The maximum absolute atomic E-state index is 3.46. The van der Waals surface area contributed by atoms with Gasteiger partial charge in [-0.2, -0.15) is 11.8 Å². The van der Waals surface area contributed by atoms with Gasteiger partial charge in [0.2, 0.25) is 0 Å². The van der Waals surface area contributed by atoms with Crippen molar-refractivity contribution in [2.75, 3.05) is 11.5 Å². The first-order valence-electron chi connectivity index (χ1n) is 10.1. The van der Waals surface area contributed by atoms with Crippen LogP contribution in [0.4, 0.5) is 0 Å². The van der Waals surface area contributed by atoms with Crippen molar-refractivity contribution in [3.63, 3.8) is 0 Å². The van der Waals surface area contributed by atoms with Crippen molar-refractivity contribution >= 4 is 19.8 Å². The molecule has 0 bridgehead atoms. The number of hydrogen-bond acceptors (Lipinski definition) is 1. The molecule has 0 heterocycles. The Hall–Kier alpha value is 0.127. The Bertz CT molecular complexity index is 295. The molecular formula is C21H42SSi. The zero-order valence-corrected chi connectivity index (χ0v) is 18.3. The Morgan fingerprint density at radius 2 is 1.09 bits per heavy atom. The van der Waals surface area contributed by atoms with E-state index < -0.39 is 8.07 Å². The summed E-state index contributed by atoms with van der Waals surface area (Å²) in [5, 5.41) is 0. The van der Waals surface area contributed by atoms with Crippen LogP contribution in [0.1, 0.15) is 90.4 Å². The van der Waals surface area contributed by atoms with Crippen LogP contribution in [0.25, 0.3) is 0 Å². The molecule has 0 rings (SSSR count). The monoisotopic (exact) mass is 354 g/mol. The van der Waals surface area contributed by atoms with Crippen LogP contribution in [-0.4, -0.2) is 19.6 Å². The molecule has 0 aromatic heterocycles. The highest BCUT2D eigenvalue weighted by molar-refractivity contribution is 7.99. The van der Waals surface area contributed by atoms with Gasteiger partial charge in [-0.15, -0.1) is 11.5 Å². The summed E-state index contributed by atoms with van der Waals surface area (Å²) in [5.41, 5.74) is 3.46. The van der Waals surface area contributed by atoms with Crippen molar-refractivity contribution in [3.8, 4) is 11.5 Å². The first-order chi connectivity index (χ1) is 11.1. The molecule has 0 aromatic carbocycles. The fourth-order valence-electron chi connectivity index (χ4n) is 2.66. The van der Waals surface area contributed by atoms with Crippen molar-refractivity contribution in [2.45, 2.75) is 110 Å². The van der Waals surface area contributed by atoms with Gasteiger partial charge in [-0.3, -0.25) is 0 Å². The highest BCUT2D eigenvalue weighted by atomic mass is 32.2. The van der Waals surface area contributed by atoms with Crippen LogP contribution < -0.4 is 0 Å². The molecule has 0 nitrogen and oxygen atoms in total. The SMILES string of the molecule is CCSCCCCCCCCCCCCCCC#C[Si](C)(C)C. The molecule has 136 valence electrons. The van der Waals surface area contributed by atoms with Crippen LogP contribution in [0.15, 0.2) is 0 Å². The summed E-state index contributed by atoms with van der Waals surface area (Å²) >= 11 is 2.09. The number of rotatable bonds is 15. The molecule has 23 heavy (non-hydrogen) atoms. The van der Waals surface area contributed by atoms with Gasteiger partial charge < -0.3 is 0 Å². The fourth-order valence-corrected chi connectivity index (χ4v) is 4.01. The molecule has 2 heteroatoms. The molecule has 0 atom stereocenters. The third kappa shape index (κ3) is 22.1. The Balaban J connectivity index is 3.09. The van der Waals surface area contributed by atoms with Gasteiger partial charge in [0.05, 0.1) is 0 Å². The van der Waals surface area contributed by atoms with Gasteiger partial charge in [0.25, 0.3) is 0 Å². The van der Waals surface area contributed by atoms with Crippen LogP contribution in [0, 0.1) is 11.5 Å². The summed E-state index contributed by atoms with van der Waals surface area (Å²) < 4.78 is 0. The summed E-state index contributed by atoms with van der Waals surface area (Å²) in [6.45, 7) is 9.23. The van der Waals surface area contributed by atoms with Crippen molar-refractivity contribution in [1.82, 2.24) is 0 Å². The van der Waals surface area contributed by atoms with Crippen LogP contribution >= 0.6 is 11.8 Å². The largest absolute Gasteiger partial charge is 0.162 e. The minimum absolute atomic E-state index is 1.13. The van der Waals surface area contributed by atoms with E-state index in [0.717, 1.165) is 6.42 Å². The molecule has 0 aliphatic carbocycles. The minimum atomic E-state index is -1.13. The van der Waals surface area contributed by atoms with Gasteiger partial charge in [-0.1, -0.05) is 90.8 Å². The third-order valence-electron chi connectivity index (χ3n) is 4.01. The summed E-state index contributed by atoms with van der Waals surface area (Å²) in [5.74, 6) is 6.04. The highest BCUT2D eigenvalue weighted by Gasteiger charge is 2.06. The standard InChI is InChI=1S/C21H42SSi/c1-5-22-20-18-16-14-12-10-8-6-7-9-11-13-15-17-19-21-23(2,3)4/h5-18,20H2,1-4H3. The van der Waals surface area contributed by atoms with E-state index in [9.17, 15) is 0 Å². The molecule has 0 amide bonds. The van der Waals surface area contributed by atoms with E-state index in [1.807, 2.05) is 0 Å². The molecule has 0 aliphatic rings. The molecular weight excluding hydrogens is 312 g/mol. The Kier molecular flexibility index (Phi) is 17.1. The van der Waals surface area contributed by atoms with Gasteiger partial charge in [0.1, 0.15) is 8.07 Å². The topological polar surface area (TPSA) is 0 Å². The van der Waals surface area contributed by atoms with E-state index in [1.54, 1.807) is 0 Å². The number of thioether (sulfide) groups is 1. The van der Waals surface area contributed by atoms with E-state index >= 15 is 0 Å². The number of hydrogen-bond donors (Lipinski definition) is 0. The second kappa shape index (κ2) is 17.0. The smallest absolute Gasteiger partial charge is 0.129 e. The second-order valence-electron chi connectivity index (χ2n) is 7.74. The first-order valence-corrected chi connectivity index (χ1v) is 14.8. The molecule has 0 aromatic rings. The van der Waals surface area contributed by atoms with Gasteiger partial charge in [-0.25, -0.2) is 0 Å². The lowest BCUT2D eigenvalue weighted by Gasteiger charge is -2.04.